The van der Waals surface area contributed by atoms with E-state index in [2.05, 4.69) is 12.2 Å². The van der Waals surface area contributed by atoms with Crippen LogP contribution in [0.3, 0.4) is 0 Å². The Hall–Kier alpha value is -1.09. The van der Waals surface area contributed by atoms with E-state index in [4.69, 9.17) is 4.74 Å². The molecule has 118 valence electrons. The molecule has 1 saturated carbocycles. The van der Waals surface area contributed by atoms with Crippen LogP contribution in [0, 0.1) is 11.7 Å². The number of hydrogen-bond donors (Lipinski definition) is 1. The highest BCUT2D eigenvalue weighted by atomic mass is 19.1. The van der Waals surface area contributed by atoms with Crippen LogP contribution in [0.5, 0.6) is 5.75 Å². The largest absolute Gasteiger partial charge is 0.494 e. The zero-order valence-corrected chi connectivity index (χ0v) is 13.3. The van der Waals surface area contributed by atoms with Crippen molar-refractivity contribution in [2.75, 3.05) is 13.7 Å². The molecule has 2 rings (SSSR count). The van der Waals surface area contributed by atoms with E-state index in [0.29, 0.717) is 11.7 Å². The van der Waals surface area contributed by atoms with E-state index < -0.39 is 0 Å². The molecule has 0 radical (unpaired) electrons. The highest BCUT2D eigenvalue weighted by Gasteiger charge is 2.26. The Morgan fingerprint density at radius 3 is 2.48 bits per heavy atom. The minimum Gasteiger partial charge on any atom is -0.494 e. The Morgan fingerprint density at radius 2 is 1.86 bits per heavy atom. The summed E-state index contributed by atoms with van der Waals surface area (Å²) in [5.41, 5.74) is 0.766. The molecule has 0 heterocycles. The van der Waals surface area contributed by atoms with Gasteiger partial charge >= 0.3 is 0 Å². The average Bonchev–Trinajstić information content (AvgIpc) is 2.46. The van der Waals surface area contributed by atoms with Gasteiger partial charge in [-0.25, -0.2) is 4.39 Å². The number of hydrogen-bond acceptors (Lipinski definition) is 2. The molecule has 0 saturated heterocycles. The highest BCUT2D eigenvalue weighted by Crippen LogP contribution is 2.35. The molecule has 1 aromatic carbocycles. The summed E-state index contributed by atoms with van der Waals surface area (Å²) in [6.07, 6.45) is 8.89. The number of halogens is 1. The fourth-order valence-corrected chi connectivity index (χ4v) is 3.50. The predicted molar refractivity (Wildman–Crippen MR) is 85.2 cm³/mol. The molecule has 0 aliphatic heterocycles. The van der Waals surface area contributed by atoms with Crippen molar-refractivity contribution in [3.8, 4) is 5.75 Å². The molecule has 1 unspecified atom stereocenters. The monoisotopic (exact) mass is 293 g/mol. The highest BCUT2D eigenvalue weighted by molar-refractivity contribution is 5.33. The van der Waals surface area contributed by atoms with E-state index in [1.54, 1.807) is 6.07 Å². The first-order valence-corrected chi connectivity index (χ1v) is 8.33. The summed E-state index contributed by atoms with van der Waals surface area (Å²) in [5, 5.41) is 3.51. The number of nitrogens with one attached hydrogen (secondary N) is 1. The topological polar surface area (TPSA) is 21.3 Å². The third kappa shape index (κ3) is 4.19. The van der Waals surface area contributed by atoms with Crippen LogP contribution in [-0.2, 0) is 0 Å². The van der Waals surface area contributed by atoms with Crippen LogP contribution < -0.4 is 10.1 Å². The van der Waals surface area contributed by atoms with Crippen molar-refractivity contribution in [1.82, 2.24) is 5.32 Å². The number of ether oxygens (including phenoxy) is 1. The van der Waals surface area contributed by atoms with Crippen LogP contribution in [0.25, 0.3) is 0 Å². The molecule has 0 spiro atoms. The van der Waals surface area contributed by atoms with E-state index >= 15 is 0 Å². The van der Waals surface area contributed by atoms with Crippen molar-refractivity contribution in [1.29, 1.82) is 0 Å². The fourth-order valence-electron chi connectivity index (χ4n) is 3.50. The molecular formula is C18H28FNO. The van der Waals surface area contributed by atoms with Crippen LogP contribution in [-0.4, -0.2) is 13.7 Å². The molecule has 1 aliphatic carbocycles. The predicted octanol–water partition coefficient (Wildman–Crippen LogP) is 4.85. The standard InChI is InChI=1S/C18H28FNO/c1-3-20-18(14-10-7-5-4-6-8-11-14)15-12-9-13-16(21-2)17(15)19/h9,12-14,18,20H,3-8,10-11H2,1-2H3. The molecule has 0 bridgehead atoms. The van der Waals surface area contributed by atoms with Crippen LogP contribution in [0.4, 0.5) is 4.39 Å². The Labute approximate surface area is 128 Å². The van der Waals surface area contributed by atoms with E-state index in [9.17, 15) is 4.39 Å². The van der Waals surface area contributed by atoms with E-state index in [1.165, 1.54) is 52.1 Å². The summed E-state index contributed by atoms with van der Waals surface area (Å²) in [5.74, 6) is 0.668. The van der Waals surface area contributed by atoms with Gasteiger partial charge in [0, 0.05) is 11.6 Å². The molecular weight excluding hydrogens is 265 g/mol. The first kappa shape index (κ1) is 16.3. The van der Waals surface area contributed by atoms with Gasteiger partial charge in [0.1, 0.15) is 0 Å². The summed E-state index contributed by atoms with van der Waals surface area (Å²) in [6.45, 7) is 2.95. The summed E-state index contributed by atoms with van der Waals surface area (Å²) in [6, 6.07) is 5.59. The number of benzene rings is 1. The Balaban J connectivity index is 2.24. The van der Waals surface area contributed by atoms with Crippen molar-refractivity contribution < 1.29 is 9.13 Å². The Morgan fingerprint density at radius 1 is 1.19 bits per heavy atom. The van der Waals surface area contributed by atoms with Crippen molar-refractivity contribution >= 4 is 0 Å². The van der Waals surface area contributed by atoms with E-state index in [-0.39, 0.29) is 11.9 Å². The molecule has 1 N–H and O–H groups in total. The minimum absolute atomic E-state index is 0.100. The number of methoxy groups -OCH3 is 1. The second kappa shape index (κ2) is 8.38. The van der Waals surface area contributed by atoms with Gasteiger partial charge in [0.15, 0.2) is 11.6 Å². The molecule has 2 nitrogen and oxygen atoms in total. The lowest BCUT2D eigenvalue weighted by Gasteiger charge is -2.30. The second-order valence-corrected chi connectivity index (χ2v) is 6.00. The maximum Gasteiger partial charge on any atom is 0.169 e. The molecule has 1 fully saturated rings. The van der Waals surface area contributed by atoms with Gasteiger partial charge in [0.25, 0.3) is 0 Å². The second-order valence-electron chi connectivity index (χ2n) is 6.00. The SMILES string of the molecule is CCNC(c1cccc(OC)c1F)C1CCCCCCC1. The maximum atomic E-state index is 14.6. The minimum atomic E-state index is -0.201. The maximum absolute atomic E-state index is 14.6. The van der Waals surface area contributed by atoms with Gasteiger partial charge < -0.3 is 10.1 Å². The van der Waals surface area contributed by atoms with Gasteiger partial charge in [0.05, 0.1) is 7.11 Å². The van der Waals surface area contributed by atoms with E-state index in [0.717, 1.165) is 12.1 Å². The van der Waals surface area contributed by atoms with Crippen molar-refractivity contribution in [3.63, 3.8) is 0 Å². The Bertz CT molecular complexity index is 427. The van der Waals surface area contributed by atoms with Crippen LogP contribution >= 0.6 is 0 Å². The summed E-state index contributed by atoms with van der Waals surface area (Å²) in [4.78, 5) is 0. The zero-order chi connectivity index (χ0) is 15.1. The van der Waals surface area contributed by atoms with Crippen LogP contribution in [0.2, 0.25) is 0 Å². The van der Waals surface area contributed by atoms with Crippen molar-refractivity contribution in [2.24, 2.45) is 5.92 Å². The van der Waals surface area contributed by atoms with Crippen LogP contribution in [0.1, 0.15) is 63.5 Å². The third-order valence-electron chi connectivity index (χ3n) is 4.59. The van der Waals surface area contributed by atoms with Crippen molar-refractivity contribution in [3.05, 3.63) is 29.6 Å². The first-order chi connectivity index (χ1) is 10.3. The zero-order valence-electron chi connectivity index (χ0n) is 13.3. The lowest BCUT2D eigenvalue weighted by atomic mass is 9.82. The van der Waals surface area contributed by atoms with Crippen LogP contribution in [0.15, 0.2) is 18.2 Å². The molecule has 0 aromatic heterocycles. The smallest absolute Gasteiger partial charge is 0.169 e. The molecule has 1 aliphatic rings. The summed E-state index contributed by atoms with van der Waals surface area (Å²) < 4.78 is 19.8. The van der Waals surface area contributed by atoms with Gasteiger partial charge in [-0.2, -0.15) is 0 Å². The lowest BCUT2D eigenvalue weighted by Crippen LogP contribution is -2.29. The van der Waals surface area contributed by atoms with Gasteiger partial charge in [-0.3, -0.25) is 0 Å². The third-order valence-corrected chi connectivity index (χ3v) is 4.59. The first-order valence-electron chi connectivity index (χ1n) is 8.33. The summed E-state index contributed by atoms with van der Waals surface area (Å²) in [7, 11) is 1.53. The average molecular weight is 293 g/mol. The quantitative estimate of drug-likeness (QED) is 0.838. The van der Waals surface area contributed by atoms with E-state index in [1.807, 2.05) is 12.1 Å². The Kier molecular flexibility index (Phi) is 6.50. The molecule has 1 aromatic rings. The molecule has 3 heteroatoms. The van der Waals surface area contributed by atoms with Gasteiger partial charge in [0.2, 0.25) is 0 Å². The van der Waals surface area contributed by atoms with Gasteiger partial charge in [-0.15, -0.1) is 0 Å². The normalized spacial score (nSPS) is 18.8. The fraction of sp³-hybridized carbons (Fsp3) is 0.667. The molecule has 1 atom stereocenters. The number of rotatable bonds is 5. The molecule has 21 heavy (non-hydrogen) atoms. The molecule has 0 amide bonds. The van der Waals surface area contributed by atoms with Gasteiger partial charge in [-0.05, 0) is 31.4 Å². The van der Waals surface area contributed by atoms with Gasteiger partial charge in [-0.1, -0.05) is 51.2 Å². The lowest BCUT2D eigenvalue weighted by molar-refractivity contribution is 0.283. The van der Waals surface area contributed by atoms with Crippen molar-refractivity contribution in [2.45, 2.75) is 57.9 Å². The summed E-state index contributed by atoms with van der Waals surface area (Å²) >= 11 is 0.